The molecule has 0 spiro atoms. The number of nitrogens with two attached hydrogens (primary N) is 1. The molecule has 3 fully saturated rings. The van der Waals surface area contributed by atoms with Crippen LogP contribution in [0.25, 0.3) is 0 Å². The molecule has 3 aliphatic rings. The number of hydrogen-bond acceptors (Lipinski definition) is 3. The number of rotatable bonds is 1. The van der Waals surface area contributed by atoms with Gasteiger partial charge in [-0.15, -0.1) is 0 Å². The molecule has 2 saturated heterocycles. The van der Waals surface area contributed by atoms with Crippen molar-refractivity contribution in [2.24, 2.45) is 11.7 Å². The third kappa shape index (κ3) is 2.65. The Morgan fingerprint density at radius 1 is 1.16 bits per heavy atom. The number of piperazine rings is 1. The minimum atomic E-state index is 0.194. The first-order valence-electron chi connectivity index (χ1n) is 7.95. The Bertz CT molecular complexity index is 346. The Morgan fingerprint density at radius 3 is 2.79 bits per heavy atom. The lowest BCUT2D eigenvalue weighted by molar-refractivity contribution is -0.142. The highest BCUT2D eigenvalue weighted by molar-refractivity contribution is 5.79. The van der Waals surface area contributed by atoms with Gasteiger partial charge < -0.3 is 10.6 Å². The Labute approximate surface area is 116 Å². The van der Waals surface area contributed by atoms with Gasteiger partial charge in [-0.1, -0.05) is 6.42 Å². The quantitative estimate of drug-likeness (QED) is 0.775. The molecule has 1 amide bonds. The summed E-state index contributed by atoms with van der Waals surface area (Å²) in [4.78, 5) is 17.5. The van der Waals surface area contributed by atoms with Gasteiger partial charge in [-0.3, -0.25) is 9.69 Å². The van der Waals surface area contributed by atoms with Crippen LogP contribution in [0.5, 0.6) is 0 Å². The van der Waals surface area contributed by atoms with Crippen molar-refractivity contribution < 1.29 is 4.79 Å². The van der Waals surface area contributed by atoms with Gasteiger partial charge in [0, 0.05) is 37.1 Å². The van der Waals surface area contributed by atoms with Crippen LogP contribution in [0.1, 0.15) is 45.4 Å². The number of carbonyl (C=O) groups excluding carboxylic acids is 1. The molecule has 0 radical (unpaired) electrons. The topological polar surface area (TPSA) is 49.6 Å². The fourth-order valence-corrected chi connectivity index (χ4v) is 4.18. The largest absolute Gasteiger partial charge is 0.337 e. The van der Waals surface area contributed by atoms with Gasteiger partial charge in [0.15, 0.2) is 0 Å². The van der Waals surface area contributed by atoms with E-state index in [4.69, 9.17) is 5.73 Å². The maximum Gasteiger partial charge on any atom is 0.226 e. The molecule has 4 nitrogen and oxygen atoms in total. The predicted octanol–water partition coefficient (Wildman–Crippen LogP) is 1.20. The smallest absolute Gasteiger partial charge is 0.226 e. The van der Waals surface area contributed by atoms with Crippen molar-refractivity contribution in [2.45, 2.75) is 63.6 Å². The van der Waals surface area contributed by atoms with E-state index in [1.807, 2.05) is 0 Å². The van der Waals surface area contributed by atoms with Crippen molar-refractivity contribution in [1.29, 1.82) is 0 Å². The standard InChI is InChI=1S/C15H27N3O/c1-11-9-17-7-3-6-14(17)10-18(11)15(19)12-4-2-5-13(16)8-12/h11-14H,2-10,16H2,1H3. The lowest BCUT2D eigenvalue weighted by atomic mass is 9.84. The van der Waals surface area contributed by atoms with Crippen LogP contribution < -0.4 is 5.73 Å². The molecule has 0 aromatic carbocycles. The number of hydrogen-bond donors (Lipinski definition) is 1. The zero-order valence-corrected chi connectivity index (χ0v) is 12.1. The van der Waals surface area contributed by atoms with Crippen molar-refractivity contribution in [1.82, 2.24) is 9.80 Å². The van der Waals surface area contributed by atoms with Crippen molar-refractivity contribution in [3.05, 3.63) is 0 Å². The second-order valence-corrected chi connectivity index (χ2v) is 6.75. The predicted molar refractivity (Wildman–Crippen MR) is 75.7 cm³/mol. The number of carbonyl (C=O) groups is 1. The van der Waals surface area contributed by atoms with Gasteiger partial charge in [0.05, 0.1) is 0 Å². The Kier molecular flexibility index (Phi) is 3.81. The van der Waals surface area contributed by atoms with Crippen LogP contribution in [0, 0.1) is 5.92 Å². The van der Waals surface area contributed by atoms with Gasteiger partial charge in [-0.2, -0.15) is 0 Å². The Balaban J connectivity index is 1.65. The number of fused-ring (bicyclic) bond motifs is 1. The van der Waals surface area contributed by atoms with Crippen LogP contribution in [0.3, 0.4) is 0 Å². The molecule has 4 unspecified atom stereocenters. The van der Waals surface area contributed by atoms with E-state index in [1.54, 1.807) is 0 Å². The second-order valence-electron chi connectivity index (χ2n) is 6.75. The zero-order chi connectivity index (χ0) is 13.4. The van der Waals surface area contributed by atoms with Crippen LogP contribution in [0.15, 0.2) is 0 Å². The van der Waals surface area contributed by atoms with Crippen molar-refractivity contribution in [3.63, 3.8) is 0 Å². The van der Waals surface area contributed by atoms with Gasteiger partial charge in [-0.25, -0.2) is 0 Å². The van der Waals surface area contributed by atoms with E-state index in [2.05, 4.69) is 16.7 Å². The third-order valence-corrected chi connectivity index (χ3v) is 5.28. The van der Waals surface area contributed by atoms with Crippen LogP contribution >= 0.6 is 0 Å². The zero-order valence-electron chi connectivity index (χ0n) is 12.1. The van der Waals surface area contributed by atoms with Crippen LogP contribution in [0.4, 0.5) is 0 Å². The summed E-state index contributed by atoms with van der Waals surface area (Å²) in [5.41, 5.74) is 6.03. The lowest BCUT2D eigenvalue weighted by Crippen LogP contribution is -2.58. The first-order chi connectivity index (χ1) is 9.15. The molecule has 0 aromatic heterocycles. The summed E-state index contributed by atoms with van der Waals surface area (Å²) in [5.74, 6) is 0.577. The average Bonchev–Trinajstić information content (AvgIpc) is 2.84. The molecule has 2 heterocycles. The van der Waals surface area contributed by atoms with Crippen molar-refractivity contribution >= 4 is 5.91 Å². The van der Waals surface area contributed by atoms with Crippen LogP contribution in [0.2, 0.25) is 0 Å². The molecule has 0 aromatic rings. The molecule has 4 heteroatoms. The summed E-state index contributed by atoms with van der Waals surface area (Å²) in [6.07, 6.45) is 6.72. The van der Waals surface area contributed by atoms with Gasteiger partial charge in [0.1, 0.15) is 0 Å². The summed E-state index contributed by atoms with van der Waals surface area (Å²) in [7, 11) is 0. The summed E-state index contributed by atoms with van der Waals surface area (Å²) in [6, 6.07) is 1.24. The van der Waals surface area contributed by atoms with E-state index >= 15 is 0 Å². The van der Waals surface area contributed by atoms with E-state index in [-0.39, 0.29) is 12.0 Å². The molecule has 2 N–H and O–H groups in total. The molecule has 0 bridgehead atoms. The molecule has 4 atom stereocenters. The van der Waals surface area contributed by atoms with Crippen molar-refractivity contribution in [3.8, 4) is 0 Å². The SMILES string of the molecule is CC1CN2CCCC2CN1C(=O)C1CCCC(N)C1. The number of amides is 1. The minimum absolute atomic E-state index is 0.194. The maximum absolute atomic E-state index is 12.7. The maximum atomic E-state index is 12.7. The molecular formula is C15H27N3O. The molecule has 19 heavy (non-hydrogen) atoms. The fourth-order valence-electron chi connectivity index (χ4n) is 4.18. The minimum Gasteiger partial charge on any atom is -0.337 e. The average molecular weight is 265 g/mol. The second kappa shape index (κ2) is 5.41. The summed E-state index contributed by atoms with van der Waals surface area (Å²) in [5, 5.41) is 0. The first-order valence-corrected chi connectivity index (χ1v) is 7.95. The van der Waals surface area contributed by atoms with E-state index in [0.717, 1.165) is 38.8 Å². The normalized spacial score (nSPS) is 40.2. The van der Waals surface area contributed by atoms with Crippen LogP contribution in [-0.2, 0) is 4.79 Å². The molecule has 3 rings (SSSR count). The van der Waals surface area contributed by atoms with Crippen LogP contribution in [-0.4, -0.2) is 53.5 Å². The van der Waals surface area contributed by atoms with Gasteiger partial charge in [0.2, 0.25) is 5.91 Å². The summed E-state index contributed by atoms with van der Waals surface area (Å²) >= 11 is 0. The van der Waals surface area contributed by atoms with E-state index in [9.17, 15) is 4.79 Å². The van der Waals surface area contributed by atoms with E-state index in [0.29, 0.717) is 18.0 Å². The highest BCUT2D eigenvalue weighted by atomic mass is 16.2. The third-order valence-electron chi connectivity index (χ3n) is 5.28. The highest BCUT2D eigenvalue weighted by Gasteiger charge is 2.39. The Morgan fingerprint density at radius 2 is 2.00 bits per heavy atom. The monoisotopic (exact) mass is 265 g/mol. The molecule has 1 saturated carbocycles. The van der Waals surface area contributed by atoms with Gasteiger partial charge in [-0.05, 0) is 45.6 Å². The molecule has 2 aliphatic heterocycles. The van der Waals surface area contributed by atoms with Gasteiger partial charge in [0.25, 0.3) is 0 Å². The lowest BCUT2D eigenvalue weighted by Gasteiger charge is -2.44. The molecule has 108 valence electrons. The Hall–Kier alpha value is -0.610. The van der Waals surface area contributed by atoms with E-state index < -0.39 is 0 Å². The van der Waals surface area contributed by atoms with Crippen molar-refractivity contribution in [2.75, 3.05) is 19.6 Å². The first kappa shape index (κ1) is 13.4. The summed E-state index contributed by atoms with van der Waals surface area (Å²) < 4.78 is 0. The molecular weight excluding hydrogens is 238 g/mol. The molecule has 1 aliphatic carbocycles. The van der Waals surface area contributed by atoms with Gasteiger partial charge >= 0.3 is 0 Å². The number of nitrogens with zero attached hydrogens (tertiary/aromatic N) is 2. The fraction of sp³-hybridized carbons (Fsp3) is 0.933. The van der Waals surface area contributed by atoms with E-state index in [1.165, 1.54) is 19.4 Å². The summed E-state index contributed by atoms with van der Waals surface area (Å²) in [6.45, 7) is 5.45. The highest BCUT2D eigenvalue weighted by Crippen LogP contribution is 2.29.